The molecule has 21 heavy (non-hydrogen) atoms. The average Bonchev–Trinajstić information content (AvgIpc) is 2.48. The molecule has 1 aromatic heterocycles. The fourth-order valence-electron chi connectivity index (χ4n) is 1.98. The van der Waals surface area contributed by atoms with Crippen LogP contribution in [0.1, 0.15) is 28.8 Å². The van der Waals surface area contributed by atoms with Crippen LogP contribution in [-0.4, -0.2) is 34.7 Å². The highest BCUT2D eigenvalue weighted by molar-refractivity contribution is 5.86. The van der Waals surface area contributed by atoms with Gasteiger partial charge in [-0.2, -0.15) is 0 Å². The Morgan fingerprint density at radius 1 is 1.33 bits per heavy atom. The zero-order valence-corrected chi connectivity index (χ0v) is 12.0. The van der Waals surface area contributed by atoms with Gasteiger partial charge in [0.15, 0.2) is 5.69 Å². The predicted octanol–water partition coefficient (Wildman–Crippen LogP) is 2.21. The molecule has 0 aliphatic carbocycles. The number of benzene rings is 1. The Morgan fingerprint density at radius 2 is 2.10 bits per heavy atom. The maximum absolute atomic E-state index is 11.1. The first kappa shape index (κ1) is 14.8. The van der Waals surface area contributed by atoms with E-state index < -0.39 is 5.97 Å². The molecule has 1 aromatic carbocycles. The summed E-state index contributed by atoms with van der Waals surface area (Å²) in [5.41, 5.74) is 0.885. The van der Waals surface area contributed by atoms with Crippen molar-refractivity contribution in [1.29, 1.82) is 0 Å². The van der Waals surface area contributed by atoms with E-state index in [9.17, 15) is 4.79 Å². The summed E-state index contributed by atoms with van der Waals surface area (Å²) in [5, 5.41) is 12.1. The standard InChI is InChI=1S/C15H17N3O3/c1-3-16-13-9-11(15(19)20)17-14(18-13)8-10-6-4-5-7-12(10)21-2/h4-7,9H,3,8H2,1-2H3,(H,19,20)(H,16,17,18). The number of carbonyl (C=O) groups is 1. The number of carboxylic acids is 1. The van der Waals surface area contributed by atoms with Crippen LogP contribution in [0.15, 0.2) is 30.3 Å². The van der Waals surface area contributed by atoms with Crippen molar-refractivity contribution in [2.45, 2.75) is 13.3 Å². The van der Waals surface area contributed by atoms with Gasteiger partial charge < -0.3 is 15.2 Å². The van der Waals surface area contributed by atoms with Crippen LogP contribution in [-0.2, 0) is 6.42 Å². The van der Waals surface area contributed by atoms with E-state index in [0.29, 0.717) is 24.6 Å². The highest BCUT2D eigenvalue weighted by Gasteiger charge is 2.12. The van der Waals surface area contributed by atoms with Crippen molar-refractivity contribution < 1.29 is 14.6 Å². The van der Waals surface area contributed by atoms with Crippen LogP contribution in [0.4, 0.5) is 5.82 Å². The lowest BCUT2D eigenvalue weighted by atomic mass is 10.1. The summed E-state index contributed by atoms with van der Waals surface area (Å²) in [6.07, 6.45) is 0.406. The van der Waals surface area contributed by atoms with E-state index in [1.165, 1.54) is 6.07 Å². The van der Waals surface area contributed by atoms with Crippen molar-refractivity contribution in [1.82, 2.24) is 9.97 Å². The lowest BCUT2D eigenvalue weighted by molar-refractivity contribution is 0.0690. The van der Waals surface area contributed by atoms with Crippen LogP contribution < -0.4 is 10.1 Å². The van der Waals surface area contributed by atoms with Gasteiger partial charge in [0.1, 0.15) is 17.4 Å². The number of nitrogens with one attached hydrogen (secondary N) is 1. The molecule has 0 aliphatic heterocycles. The number of anilines is 1. The number of nitrogens with zero attached hydrogens (tertiary/aromatic N) is 2. The highest BCUT2D eigenvalue weighted by atomic mass is 16.5. The van der Waals surface area contributed by atoms with Gasteiger partial charge in [0.25, 0.3) is 0 Å². The minimum absolute atomic E-state index is 0.0224. The SMILES string of the molecule is CCNc1cc(C(=O)O)nc(Cc2ccccc2OC)n1. The van der Waals surface area contributed by atoms with Crippen molar-refractivity contribution >= 4 is 11.8 Å². The number of hydrogen-bond donors (Lipinski definition) is 2. The van der Waals surface area contributed by atoms with E-state index in [0.717, 1.165) is 11.3 Å². The van der Waals surface area contributed by atoms with Crippen LogP contribution in [0.5, 0.6) is 5.75 Å². The van der Waals surface area contributed by atoms with Crippen LogP contribution in [0.3, 0.4) is 0 Å². The molecule has 0 spiro atoms. The third-order valence-corrected chi connectivity index (χ3v) is 2.89. The quantitative estimate of drug-likeness (QED) is 0.847. The van der Waals surface area contributed by atoms with Gasteiger partial charge in [0, 0.05) is 24.6 Å². The van der Waals surface area contributed by atoms with Crippen molar-refractivity contribution in [3.63, 3.8) is 0 Å². The smallest absolute Gasteiger partial charge is 0.354 e. The van der Waals surface area contributed by atoms with E-state index in [2.05, 4.69) is 15.3 Å². The van der Waals surface area contributed by atoms with Gasteiger partial charge in [-0.15, -0.1) is 0 Å². The number of aromatic carboxylic acids is 1. The Labute approximate surface area is 122 Å². The van der Waals surface area contributed by atoms with E-state index in [-0.39, 0.29) is 5.69 Å². The predicted molar refractivity (Wildman–Crippen MR) is 79.0 cm³/mol. The molecule has 2 rings (SSSR count). The summed E-state index contributed by atoms with van der Waals surface area (Å²) < 4.78 is 5.29. The summed E-state index contributed by atoms with van der Waals surface area (Å²) in [4.78, 5) is 19.6. The Kier molecular flexibility index (Phi) is 4.71. The molecule has 0 saturated heterocycles. The Morgan fingerprint density at radius 3 is 2.76 bits per heavy atom. The molecule has 0 unspecified atom stereocenters. The summed E-state index contributed by atoms with van der Waals surface area (Å²) in [5.74, 6) is 0.606. The number of rotatable bonds is 6. The van der Waals surface area contributed by atoms with E-state index in [4.69, 9.17) is 9.84 Å². The summed E-state index contributed by atoms with van der Waals surface area (Å²) in [6, 6.07) is 8.95. The minimum Gasteiger partial charge on any atom is -0.496 e. The number of aromatic nitrogens is 2. The summed E-state index contributed by atoms with van der Waals surface area (Å²) >= 11 is 0. The van der Waals surface area contributed by atoms with Crippen LogP contribution >= 0.6 is 0 Å². The van der Waals surface area contributed by atoms with Gasteiger partial charge in [-0.25, -0.2) is 14.8 Å². The zero-order valence-electron chi connectivity index (χ0n) is 12.0. The molecule has 0 aliphatic rings. The monoisotopic (exact) mass is 287 g/mol. The largest absolute Gasteiger partial charge is 0.496 e. The molecule has 0 bridgehead atoms. The highest BCUT2D eigenvalue weighted by Crippen LogP contribution is 2.20. The van der Waals surface area contributed by atoms with Crippen molar-refractivity contribution in [2.75, 3.05) is 19.0 Å². The lowest BCUT2D eigenvalue weighted by Crippen LogP contribution is -2.10. The van der Waals surface area contributed by atoms with Crippen LogP contribution in [0.25, 0.3) is 0 Å². The second-order valence-corrected chi connectivity index (χ2v) is 4.38. The normalized spacial score (nSPS) is 10.2. The number of hydrogen-bond acceptors (Lipinski definition) is 5. The number of ether oxygens (including phenoxy) is 1. The second-order valence-electron chi connectivity index (χ2n) is 4.38. The van der Waals surface area contributed by atoms with Gasteiger partial charge in [-0.1, -0.05) is 18.2 Å². The van der Waals surface area contributed by atoms with Crippen LogP contribution in [0.2, 0.25) is 0 Å². The maximum atomic E-state index is 11.1. The minimum atomic E-state index is -1.07. The van der Waals surface area contributed by atoms with Crippen molar-refractivity contribution in [3.05, 3.63) is 47.4 Å². The topological polar surface area (TPSA) is 84.3 Å². The molecule has 0 fully saturated rings. The molecule has 2 N–H and O–H groups in total. The number of carboxylic acid groups (broad SMARTS) is 1. The Hall–Kier alpha value is -2.63. The molecule has 0 radical (unpaired) electrons. The molecule has 2 aromatic rings. The molecule has 6 nitrogen and oxygen atoms in total. The molecule has 0 amide bonds. The Balaban J connectivity index is 2.36. The molecular formula is C15H17N3O3. The van der Waals surface area contributed by atoms with E-state index in [1.54, 1.807) is 7.11 Å². The molecule has 110 valence electrons. The average molecular weight is 287 g/mol. The van der Waals surface area contributed by atoms with Gasteiger partial charge in [-0.05, 0) is 13.0 Å². The molecule has 0 atom stereocenters. The summed E-state index contributed by atoms with van der Waals surface area (Å²) in [7, 11) is 1.59. The molecular weight excluding hydrogens is 270 g/mol. The molecule has 0 saturated carbocycles. The molecule has 1 heterocycles. The van der Waals surface area contributed by atoms with E-state index in [1.807, 2.05) is 31.2 Å². The third-order valence-electron chi connectivity index (χ3n) is 2.89. The fourth-order valence-corrected chi connectivity index (χ4v) is 1.98. The van der Waals surface area contributed by atoms with Gasteiger partial charge in [0.2, 0.25) is 0 Å². The first-order valence-electron chi connectivity index (χ1n) is 6.61. The van der Waals surface area contributed by atoms with E-state index >= 15 is 0 Å². The van der Waals surface area contributed by atoms with Crippen LogP contribution in [0, 0.1) is 0 Å². The Bertz CT molecular complexity index is 644. The zero-order chi connectivity index (χ0) is 15.2. The third kappa shape index (κ3) is 3.68. The fraction of sp³-hybridized carbons (Fsp3) is 0.267. The second kappa shape index (κ2) is 6.69. The number of para-hydroxylation sites is 1. The van der Waals surface area contributed by atoms with Crippen molar-refractivity contribution in [2.24, 2.45) is 0 Å². The lowest BCUT2D eigenvalue weighted by Gasteiger charge is -2.09. The first-order valence-corrected chi connectivity index (χ1v) is 6.61. The van der Waals surface area contributed by atoms with Gasteiger partial charge in [0.05, 0.1) is 7.11 Å². The van der Waals surface area contributed by atoms with Crippen molar-refractivity contribution in [3.8, 4) is 5.75 Å². The number of methoxy groups -OCH3 is 1. The summed E-state index contributed by atoms with van der Waals surface area (Å²) in [6.45, 7) is 2.58. The first-order chi connectivity index (χ1) is 10.1. The van der Waals surface area contributed by atoms with Gasteiger partial charge in [-0.3, -0.25) is 0 Å². The van der Waals surface area contributed by atoms with Gasteiger partial charge >= 0.3 is 5.97 Å². The maximum Gasteiger partial charge on any atom is 0.354 e. The molecule has 6 heteroatoms.